The Labute approximate surface area is 189 Å². The van der Waals surface area contributed by atoms with Crippen LogP contribution in [0.4, 0.5) is 0 Å². The number of hydrogen-bond acceptors (Lipinski definition) is 7. The summed E-state index contributed by atoms with van der Waals surface area (Å²) in [6, 6.07) is 7.29. The smallest absolute Gasteiger partial charge is 0.254 e. The fraction of sp³-hybridized carbons (Fsp3) is 0.458. The van der Waals surface area contributed by atoms with E-state index in [-0.39, 0.29) is 24.6 Å². The standard InChI is InChI=1S/C24H32N6O2/c1-17-14-30(26-2)22(27-23(17)28-12-10-19(25)15-28)13-20-8-5-6-11-29(20)24(32)21-9-4-3-7-18(21)16-31/h3-4,7,9,13-14,19-20,31H,2,5-6,8,10-12,15-16,25H2,1H3/b22-13-/t19-,20?/m0/s1. The number of hydrogen-bond donors (Lipinski definition) is 2. The summed E-state index contributed by atoms with van der Waals surface area (Å²) in [6.07, 6.45) is 7.74. The third-order valence-corrected chi connectivity index (χ3v) is 6.37. The van der Waals surface area contributed by atoms with Crippen LogP contribution in [0.1, 0.15) is 48.5 Å². The minimum absolute atomic E-state index is 0.0634. The van der Waals surface area contributed by atoms with Gasteiger partial charge in [-0.2, -0.15) is 5.10 Å². The van der Waals surface area contributed by atoms with Crippen LogP contribution in [-0.2, 0) is 6.61 Å². The molecule has 0 saturated carbocycles. The topological polar surface area (TPSA) is 97.8 Å². The maximum absolute atomic E-state index is 13.4. The molecular formula is C24H32N6O2. The Hall–Kier alpha value is -2.97. The first-order valence-corrected chi connectivity index (χ1v) is 11.3. The molecule has 2 saturated heterocycles. The first-order chi connectivity index (χ1) is 15.5. The first-order valence-electron chi connectivity index (χ1n) is 11.3. The van der Waals surface area contributed by atoms with Gasteiger partial charge in [0.1, 0.15) is 5.84 Å². The van der Waals surface area contributed by atoms with E-state index in [1.165, 1.54) is 0 Å². The summed E-state index contributed by atoms with van der Waals surface area (Å²) in [5.74, 6) is 1.51. The molecule has 1 unspecified atom stereocenters. The van der Waals surface area contributed by atoms with Crippen molar-refractivity contribution >= 4 is 18.5 Å². The van der Waals surface area contributed by atoms with Gasteiger partial charge in [-0.05, 0) is 50.3 Å². The van der Waals surface area contributed by atoms with Gasteiger partial charge in [-0.15, -0.1) is 0 Å². The summed E-state index contributed by atoms with van der Waals surface area (Å²) in [4.78, 5) is 22.4. The lowest BCUT2D eigenvalue weighted by atomic mass is 9.98. The molecule has 0 bridgehead atoms. The van der Waals surface area contributed by atoms with Crippen molar-refractivity contribution in [2.45, 2.75) is 51.3 Å². The number of carbonyl (C=O) groups is 1. The molecule has 2 fully saturated rings. The van der Waals surface area contributed by atoms with E-state index in [1.54, 1.807) is 17.1 Å². The summed E-state index contributed by atoms with van der Waals surface area (Å²) in [7, 11) is 0. The fourth-order valence-corrected chi connectivity index (χ4v) is 4.66. The van der Waals surface area contributed by atoms with Crippen LogP contribution in [0.2, 0.25) is 0 Å². The molecule has 3 heterocycles. The van der Waals surface area contributed by atoms with Gasteiger partial charge in [-0.3, -0.25) is 4.79 Å². The van der Waals surface area contributed by atoms with Gasteiger partial charge in [-0.1, -0.05) is 18.2 Å². The van der Waals surface area contributed by atoms with Gasteiger partial charge in [0.2, 0.25) is 0 Å². The van der Waals surface area contributed by atoms with E-state index in [4.69, 9.17) is 10.7 Å². The van der Waals surface area contributed by atoms with Gasteiger partial charge in [0, 0.05) is 49.7 Å². The maximum Gasteiger partial charge on any atom is 0.254 e. The monoisotopic (exact) mass is 436 g/mol. The van der Waals surface area contributed by atoms with Gasteiger partial charge in [0.15, 0.2) is 5.82 Å². The number of nitrogens with zero attached hydrogens (tertiary/aromatic N) is 5. The zero-order valence-electron chi connectivity index (χ0n) is 18.7. The molecule has 0 radical (unpaired) electrons. The summed E-state index contributed by atoms with van der Waals surface area (Å²) < 4.78 is 0. The molecule has 0 aromatic heterocycles. The minimum Gasteiger partial charge on any atom is -0.392 e. The molecule has 1 amide bonds. The number of piperidine rings is 1. The number of carbonyl (C=O) groups excluding carboxylic acids is 1. The van der Waals surface area contributed by atoms with Gasteiger partial charge in [0.05, 0.1) is 12.6 Å². The van der Waals surface area contributed by atoms with Crippen molar-refractivity contribution in [2.75, 3.05) is 19.6 Å². The zero-order chi connectivity index (χ0) is 22.7. The van der Waals surface area contributed by atoms with E-state index in [9.17, 15) is 9.90 Å². The van der Waals surface area contributed by atoms with Crippen LogP contribution in [0.5, 0.6) is 0 Å². The molecule has 0 spiro atoms. The number of nitrogens with two attached hydrogens (primary N) is 1. The molecule has 0 aliphatic carbocycles. The molecule has 1 aromatic carbocycles. The highest BCUT2D eigenvalue weighted by Crippen LogP contribution is 2.27. The van der Waals surface area contributed by atoms with Crippen LogP contribution in [0, 0.1) is 0 Å². The second kappa shape index (κ2) is 9.67. The van der Waals surface area contributed by atoms with Crippen molar-refractivity contribution in [1.82, 2.24) is 14.8 Å². The van der Waals surface area contributed by atoms with Crippen molar-refractivity contribution in [1.29, 1.82) is 0 Å². The SMILES string of the molecule is C=NN1C=C(C)C(N2CC[C@H](N)C2)=N/C1=C/C1CCCCN1C(=O)c1ccccc1CO. The number of hydrazone groups is 1. The predicted molar refractivity (Wildman–Crippen MR) is 126 cm³/mol. The summed E-state index contributed by atoms with van der Waals surface area (Å²) in [5.41, 5.74) is 8.32. The molecule has 8 heteroatoms. The van der Waals surface area contributed by atoms with E-state index in [1.807, 2.05) is 36.2 Å². The summed E-state index contributed by atoms with van der Waals surface area (Å²) >= 11 is 0. The van der Waals surface area contributed by atoms with Gasteiger partial charge in [0.25, 0.3) is 5.91 Å². The molecule has 3 aliphatic heterocycles. The third-order valence-electron chi connectivity index (χ3n) is 6.37. The van der Waals surface area contributed by atoms with Crippen molar-refractivity contribution in [3.8, 4) is 0 Å². The Kier molecular flexibility index (Phi) is 6.72. The van der Waals surface area contributed by atoms with E-state index in [0.29, 0.717) is 23.5 Å². The van der Waals surface area contributed by atoms with Gasteiger partial charge in [-0.25, -0.2) is 10.0 Å². The number of aliphatic imine (C=N–C) groups is 1. The number of likely N-dealkylation sites (tertiary alicyclic amines) is 2. The van der Waals surface area contributed by atoms with E-state index in [0.717, 1.165) is 50.2 Å². The third kappa shape index (κ3) is 4.47. The Morgan fingerprint density at radius 2 is 2.12 bits per heavy atom. The second-order valence-electron chi connectivity index (χ2n) is 8.63. The normalized spacial score (nSPS) is 25.1. The van der Waals surface area contributed by atoms with Crippen LogP contribution in [0.3, 0.4) is 0 Å². The van der Waals surface area contributed by atoms with Crippen LogP contribution >= 0.6 is 0 Å². The molecule has 8 nitrogen and oxygen atoms in total. The largest absolute Gasteiger partial charge is 0.392 e. The van der Waals surface area contributed by atoms with Crippen LogP contribution in [0.25, 0.3) is 0 Å². The Morgan fingerprint density at radius 3 is 2.84 bits per heavy atom. The van der Waals surface area contributed by atoms with Crippen LogP contribution in [-0.4, -0.2) is 70.1 Å². The van der Waals surface area contributed by atoms with Crippen LogP contribution < -0.4 is 5.73 Å². The first kappa shape index (κ1) is 22.2. The van der Waals surface area contributed by atoms with Crippen molar-refractivity contribution in [3.05, 3.63) is 59.1 Å². The van der Waals surface area contributed by atoms with Gasteiger partial charge >= 0.3 is 0 Å². The number of aliphatic hydroxyl groups is 1. The average Bonchev–Trinajstić information content (AvgIpc) is 3.25. The highest BCUT2D eigenvalue weighted by Gasteiger charge is 2.30. The fourth-order valence-electron chi connectivity index (χ4n) is 4.66. The van der Waals surface area contributed by atoms with Crippen molar-refractivity contribution in [3.63, 3.8) is 0 Å². The highest BCUT2D eigenvalue weighted by molar-refractivity contribution is 5.99. The van der Waals surface area contributed by atoms with E-state index < -0.39 is 0 Å². The molecular weight excluding hydrogens is 404 g/mol. The maximum atomic E-state index is 13.4. The van der Waals surface area contributed by atoms with Crippen molar-refractivity contribution < 1.29 is 9.90 Å². The van der Waals surface area contributed by atoms with Crippen LogP contribution in [0.15, 0.2) is 58.0 Å². The summed E-state index contributed by atoms with van der Waals surface area (Å²) in [5, 5.41) is 15.5. The number of rotatable bonds is 4. The lowest BCUT2D eigenvalue weighted by Crippen LogP contribution is -2.43. The second-order valence-corrected chi connectivity index (χ2v) is 8.63. The number of amidine groups is 1. The minimum atomic E-state index is -0.161. The van der Waals surface area contributed by atoms with E-state index >= 15 is 0 Å². The average molecular weight is 437 g/mol. The number of amides is 1. The lowest BCUT2D eigenvalue weighted by Gasteiger charge is -2.36. The number of benzene rings is 1. The molecule has 3 N–H and O–H groups in total. The molecule has 2 atom stereocenters. The van der Waals surface area contributed by atoms with E-state index in [2.05, 4.69) is 16.7 Å². The molecule has 32 heavy (non-hydrogen) atoms. The Bertz CT molecular complexity index is 969. The molecule has 3 aliphatic rings. The Balaban J connectivity index is 1.65. The lowest BCUT2D eigenvalue weighted by molar-refractivity contribution is 0.0659. The molecule has 170 valence electrons. The summed E-state index contributed by atoms with van der Waals surface area (Å²) in [6.45, 7) is 7.88. The van der Waals surface area contributed by atoms with Crippen molar-refractivity contribution in [2.24, 2.45) is 15.8 Å². The molecule has 4 rings (SSSR count). The molecule has 1 aromatic rings. The predicted octanol–water partition coefficient (Wildman–Crippen LogP) is 2.28. The highest BCUT2D eigenvalue weighted by atomic mass is 16.3. The number of aliphatic hydroxyl groups excluding tert-OH is 1. The zero-order valence-corrected chi connectivity index (χ0v) is 18.7. The quantitative estimate of drug-likeness (QED) is 0.706. The van der Waals surface area contributed by atoms with Gasteiger partial charge < -0.3 is 20.6 Å². The Morgan fingerprint density at radius 1 is 1.31 bits per heavy atom.